The Morgan fingerprint density at radius 3 is 2.00 bits per heavy atom. The van der Waals surface area contributed by atoms with E-state index >= 15 is 0 Å². The van der Waals surface area contributed by atoms with E-state index in [1.165, 1.54) is 0 Å². The molecule has 0 aromatic carbocycles. The highest BCUT2D eigenvalue weighted by Crippen LogP contribution is 2.09. The number of rotatable bonds is 1. The molecule has 1 heterocycles. The Kier molecular flexibility index (Phi) is 3.72. The lowest BCUT2D eigenvalue weighted by Crippen LogP contribution is -2.62. The van der Waals surface area contributed by atoms with Crippen LogP contribution in [-0.4, -0.2) is 37.5 Å². The molecular formula is C5H14N2O2. The fraction of sp³-hybridized carbons (Fsp3) is 1.00. The predicted octanol–water partition coefficient (Wildman–Crippen LogP) is -1.72. The molecule has 0 bridgehead atoms. The summed E-state index contributed by atoms with van der Waals surface area (Å²) in [7, 11) is 1.00. The first-order chi connectivity index (χ1) is 4.27. The van der Waals surface area contributed by atoms with Crippen LogP contribution in [0.15, 0.2) is 0 Å². The molecule has 1 aliphatic rings. The smallest absolute Gasteiger partial charge is 0.0752 e. The minimum atomic E-state index is -0.181. The summed E-state index contributed by atoms with van der Waals surface area (Å²) in [4.78, 5) is 0. The van der Waals surface area contributed by atoms with E-state index in [4.69, 9.17) is 21.3 Å². The lowest BCUT2D eigenvalue weighted by Gasteiger charge is -2.36. The van der Waals surface area contributed by atoms with E-state index in [-0.39, 0.29) is 5.54 Å². The molecule has 0 aromatic heterocycles. The first kappa shape index (κ1) is 8.84. The third-order valence-electron chi connectivity index (χ3n) is 1.19. The maximum Gasteiger partial charge on any atom is 0.0752 e. The molecule has 9 heavy (non-hydrogen) atoms. The molecule has 1 aliphatic heterocycles. The summed E-state index contributed by atoms with van der Waals surface area (Å²) in [5.74, 6) is 0. The molecule has 0 atom stereocenters. The second-order valence-corrected chi connectivity index (χ2v) is 2.06. The van der Waals surface area contributed by atoms with E-state index in [1.54, 1.807) is 0 Å². The van der Waals surface area contributed by atoms with Crippen molar-refractivity contribution < 1.29 is 9.84 Å². The van der Waals surface area contributed by atoms with Gasteiger partial charge in [0, 0.05) is 13.7 Å². The van der Waals surface area contributed by atoms with Crippen LogP contribution in [-0.2, 0) is 4.74 Å². The van der Waals surface area contributed by atoms with Crippen LogP contribution in [0.3, 0.4) is 0 Å². The molecule has 0 unspecified atom stereocenters. The van der Waals surface area contributed by atoms with Crippen molar-refractivity contribution in [2.24, 2.45) is 11.5 Å². The maximum absolute atomic E-state index is 7.00. The molecule has 1 saturated heterocycles. The number of hydrogen-bond donors (Lipinski definition) is 3. The molecule has 5 N–H and O–H groups in total. The lowest BCUT2D eigenvalue weighted by molar-refractivity contribution is -0.0482. The Hall–Kier alpha value is -0.160. The lowest BCUT2D eigenvalue weighted by atomic mass is 10.0. The molecule has 1 rings (SSSR count). The van der Waals surface area contributed by atoms with Crippen LogP contribution < -0.4 is 11.5 Å². The monoisotopic (exact) mass is 134 g/mol. The number of nitrogens with two attached hydrogens (primary N) is 2. The minimum Gasteiger partial charge on any atom is -0.400 e. The van der Waals surface area contributed by atoms with Gasteiger partial charge in [-0.3, -0.25) is 0 Å². The van der Waals surface area contributed by atoms with E-state index < -0.39 is 0 Å². The van der Waals surface area contributed by atoms with Crippen LogP contribution in [0, 0.1) is 0 Å². The first-order valence-corrected chi connectivity index (χ1v) is 2.78. The molecule has 0 amide bonds. The van der Waals surface area contributed by atoms with Crippen molar-refractivity contribution in [1.29, 1.82) is 0 Å². The number of hydrogen-bond acceptors (Lipinski definition) is 4. The van der Waals surface area contributed by atoms with Gasteiger partial charge in [-0.05, 0) is 0 Å². The molecule has 0 saturated carbocycles. The van der Waals surface area contributed by atoms with Crippen LogP contribution in [0.5, 0.6) is 0 Å². The van der Waals surface area contributed by atoms with Crippen molar-refractivity contribution in [2.45, 2.75) is 5.54 Å². The van der Waals surface area contributed by atoms with Gasteiger partial charge in [-0.25, -0.2) is 0 Å². The van der Waals surface area contributed by atoms with E-state index in [0.29, 0.717) is 19.8 Å². The standard InChI is InChI=1S/C4H10N2O.CH4O/c5-1-4(6)2-7-3-4;1-2/h1-3,5-6H2;2H,1H3. The van der Waals surface area contributed by atoms with E-state index in [0.717, 1.165) is 7.11 Å². The van der Waals surface area contributed by atoms with Crippen LogP contribution in [0.25, 0.3) is 0 Å². The quantitative estimate of drug-likeness (QED) is 0.398. The normalized spacial score (nSPS) is 21.3. The van der Waals surface area contributed by atoms with E-state index in [9.17, 15) is 0 Å². The van der Waals surface area contributed by atoms with Gasteiger partial charge in [0.2, 0.25) is 0 Å². The fourth-order valence-corrected chi connectivity index (χ4v) is 0.482. The zero-order chi connectivity index (χ0) is 7.33. The van der Waals surface area contributed by atoms with E-state index in [2.05, 4.69) is 0 Å². The van der Waals surface area contributed by atoms with Crippen LogP contribution >= 0.6 is 0 Å². The molecule has 4 heteroatoms. The van der Waals surface area contributed by atoms with Gasteiger partial charge in [-0.1, -0.05) is 0 Å². The summed E-state index contributed by atoms with van der Waals surface area (Å²) < 4.78 is 4.82. The second kappa shape index (κ2) is 3.79. The fourth-order valence-electron chi connectivity index (χ4n) is 0.482. The highest BCUT2D eigenvalue weighted by Gasteiger charge is 2.31. The average Bonchev–Trinajstić information content (AvgIpc) is 1.88. The zero-order valence-corrected chi connectivity index (χ0v) is 5.63. The van der Waals surface area contributed by atoms with Gasteiger partial charge in [0.15, 0.2) is 0 Å². The topological polar surface area (TPSA) is 81.5 Å². The Labute approximate surface area is 54.8 Å². The molecular weight excluding hydrogens is 120 g/mol. The molecule has 0 aliphatic carbocycles. The Morgan fingerprint density at radius 2 is 2.00 bits per heavy atom. The van der Waals surface area contributed by atoms with Crippen LogP contribution in [0.2, 0.25) is 0 Å². The second-order valence-electron chi connectivity index (χ2n) is 2.06. The maximum atomic E-state index is 7.00. The van der Waals surface area contributed by atoms with Crippen LogP contribution in [0.1, 0.15) is 0 Å². The van der Waals surface area contributed by atoms with Gasteiger partial charge in [-0.2, -0.15) is 0 Å². The average molecular weight is 134 g/mol. The van der Waals surface area contributed by atoms with Gasteiger partial charge in [0.05, 0.1) is 18.8 Å². The van der Waals surface area contributed by atoms with Gasteiger partial charge in [0.25, 0.3) is 0 Å². The molecule has 0 radical (unpaired) electrons. The minimum absolute atomic E-state index is 0.181. The Morgan fingerprint density at radius 1 is 1.56 bits per heavy atom. The zero-order valence-electron chi connectivity index (χ0n) is 5.63. The van der Waals surface area contributed by atoms with Gasteiger partial charge in [0.1, 0.15) is 0 Å². The number of ether oxygens (including phenoxy) is 1. The highest BCUT2D eigenvalue weighted by molar-refractivity contribution is 4.91. The summed E-state index contributed by atoms with van der Waals surface area (Å²) in [6.45, 7) is 1.79. The summed E-state index contributed by atoms with van der Waals surface area (Å²) in [6, 6.07) is 0. The summed E-state index contributed by atoms with van der Waals surface area (Å²) in [6.07, 6.45) is 0. The SMILES string of the molecule is CO.NCC1(N)COC1. The largest absolute Gasteiger partial charge is 0.400 e. The summed E-state index contributed by atoms with van der Waals surface area (Å²) >= 11 is 0. The molecule has 1 fully saturated rings. The Bertz CT molecular complexity index is 67.8. The van der Waals surface area contributed by atoms with E-state index in [1.807, 2.05) is 0 Å². The highest BCUT2D eigenvalue weighted by atomic mass is 16.5. The molecule has 4 nitrogen and oxygen atoms in total. The molecule has 0 aromatic rings. The van der Waals surface area contributed by atoms with Gasteiger partial charge in [-0.15, -0.1) is 0 Å². The third kappa shape index (κ3) is 2.28. The van der Waals surface area contributed by atoms with Gasteiger partial charge >= 0.3 is 0 Å². The molecule has 56 valence electrons. The van der Waals surface area contributed by atoms with Crippen molar-refractivity contribution in [3.63, 3.8) is 0 Å². The number of aliphatic hydroxyl groups excluding tert-OH is 1. The number of aliphatic hydroxyl groups is 1. The summed E-state index contributed by atoms with van der Waals surface area (Å²) in [5.41, 5.74) is 10.6. The van der Waals surface area contributed by atoms with Crippen LogP contribution in [0.4, 0.5) is 0 Å². The third-order valence-corrected chi connectivity index (χ3v) is 1.19. The van der Waals surface area contributed by atoms with Gasteiger partial charge < -0.3 is 21.3 Å². The van der Waals surface area contributed by atoms with Crippen molar-refractivity contribution in [3.05, 3.63) is 0 Å². The van der Waals surface area contributed by atoms with Crippen molar-refractivity contribution in [1.82, 2.24) is 0 Å². The van der Waals surface area contributed by atoms with Crippen molar-refractivity contribution in [2.75, 3.05) is 26.9 Å². The Balaban J connectivity index is 0.000000291. The summed E-state index contributed by atoms with van der Waals surface area (Å²) in [5, 5.41) is 7.00. The van der Waals surface area contributed by atoms with Crippen molar-refractivity contribution in [3.8, 4) is 0 Å². The predicted molar refractivity (Wildman–Crippen MR) is 34.9 cm³/mol. The first-order valence-electron chi connectivity index (χ1n) is 2.78. The van der Waals surface area contributed by atoms with Crippen molar-refractivity contribution >= 4 is 0 Å². The molecule has 0 spiro atoms.